The van der Waals surface area contributed by atoms with Crippen molar-refractivity contribution in [3.8, 4) is 0 Å². The second-order valence-electron chi connectivity index (χ2n) is 5.90. The highest BCUT2D eigenvalue weighted by atomic mass is 79.9. The van der Waals surface area contributed by atoms with Crippen LogP contribution in [0.1, 0.15) is 37.9 Å². The highest BCUT2D eigenvalue weighted by Gasteiger charge is 2.24. The minimum Gasteiger partial charge on any atom is -0.242 e. The van der Waals surface area contributed by atoms with Gasteiger partial charge in [-0.1, -0.05) is 58.4 Å². The summed E-state index contributed by atoms with van der Waals surface area (Å²) >= 11 is 3.51. The first-order chi connectivity index (χ1) is 9.88. The molecule has 2 atom stereocenters. The van der Waals surface area contributed by atoms with E-state index >= 15 is 0 Å². The Bertz CT molecular complexity index is 622. The van der Waals surface area contributed by atoms with Crippen LogP contribution in [-0.2, 0) is 11.0 Å². The molecule has 2 aromatic rings. The second-order valence-corrected chi connectivity index (χ2v) is 8.81. The van der Waals surface area contributed by atoms with Crippen molar-refractivity contribution in [1.82, 2.24) is 4.72 Å². The van der Waals surface area contributed by atoms with Gasteiger partial charge >= 0.3 is 0 Å². The number of halogens is 1. The molecule has 0 saturated heterocycles. The van der Waals surface area contributed by atoms with Crippen molar-refractivity contribution in [3.05, 3.63) is 70.2 Å². The zero-order valence-corrected chi connectivity index (χ0v) is 14.9. The van der Waals surface area contributed by atoms with Gasteiger partial charge in [0.15, 0.2) is 0 Å². The molecule has 112 valence electrons. The van der Waals surface area contributed by atoms with Crippen molar-refractivity contribution in [3.63, 3.8) is 0 Å². The maximum Gasteiger partial charge on any atom is 0.0979 e. The zero-order valence-electron chi connectivity index (χ0n) is 12.5. The Morgan fingerprint density at radius 2 is 1.62 bits per heavy atom. The molecule has 2 aromatic carbocycles. The standard InChI is InChI=1S/C17H20BrNOS/c1-17(2,3)21(20)19-16(13-8-5-4-6-9-13)14-10-7-11-15(18)12-14/h4-12,16,19H,1-3H3/t16-,21?/m0/s1. The van der Waals surface area contributed by atoms with Gasteiger partial charge < -0.3 is 0 Å². The molecule has 0 bridgehead atoms. The van der Waals surface area contributed by atoms with Gasteiger partial charge in [-0.15, -0.1) is 0 Å². The van der Waals surface area contributed by atoms with E-state index in [4.69, 9.17) is 0 Å². The van der Waals surface area contributed by atoms with Crippen LogP contribution in [0.15, 0.2) is 59.1 Å². The smallest absolute Gasteiger partial charge is 0.0979 e. The molecular formula is C17H20BrNOS. The summed E-state index contributed by atoms with van der Waals surface area (Å²) < 4.78 is 16.5. The van der Waals surface area contributed by atoms with E-state index in [0.717, 1.165) is 15.6 Å². The van der Waals surface area contributed by atoms with Gasteiger partial charge in [-0.05, 0) is 44.0 Å². The van der Waals surface area contributed by atoms with E-state index in [0.29, 0.717) is 0 Å². The van der Waals surface area contributed by atoms with Gasteiger partial charge in [0.25, 0.3) is 0 Å². The van der Waals surface area contributed by atoms with Crippen LogP contribution in [0, 0.1) is 0 Å². The number of hydrogen-bond acceptors (Lipinski definition) is 1. The predicted octanol–water partition coefficient (Wildman–Crippen LogP) is 4.59. The third kappa shape index (κ3) is 4.50. The van der Waals surface area contributed by atoms with Crippen LogP contribution in [0.5, 0.6) is 0 Å². The molecule has 1 unspecified atom stereocenters. The van der Waals surface area contributed by atoms with Crippen molar-refractivity contribution in [2.45, 2.75) is 31.6 Å². The van der Waals surface area contributed by atoms with Crippen molar-refractivity contribution >= 4 is 26.9 Å². The van der Waals surface area contributed by atoms with E-state index in [1.807, 2.05) is 51.1 Å². The topological polar surface area (TPSA) is 29.1 Å². The largest absolute Gasteiger partial charge is 0.242 e. The SMILES string of the molecule is CC(C)(C)S(=O)N[C@@H](c1ccccc1)c1cccc(Br)c1. The first-order valence-electron chi connectivity index (χ1n) is 6.86. The first-order valence-corrected chi connectivity index (χ1v) is 8.80. The van der Waals surface area contributed by atoms with E-state index < -0.39 is 11.0 Å². The third-order valence-corrected chi connectivity index (χ3v) is 5.15. The molecule has 0 saturated carbocycles. The molecule has 2 rings (SSSR count). The molecule has 0 heterocycles. The predicted molar refractivity (Wildman–Crippen MR) is 93.5 cm³/mol. The van der Waals surface area contributed by atoms with Crippen molar-refractivity contribution in [2.24, 2.45) is 0 Å². The van der Waals surface area contributed by atoms with Gasteiger partial charge in [0.1, 0.15) is 0 Å². The summed E-state index contributed by atoms with van der Waals surface area (Å²) in [6, 6.07) is 18.1. The zero-order chi connectivity index (χ0) is 15.5. The normalized spacial score (nSPS) is 14.7. The number of benzene rings is 2. The summed E-state index contributed by atoms with van der Waals surface area (Å²) in [6.45, 7) is 5.91. The fourth-order valence-corrected chi connectivity index (χ4v) is 3.20. The molecule has 1 N–H and O–H groups in total. The molecule has 0 fully saturated rings. The lowest BCUT2D eigenvalue weighted by Crippen LogP contribution is -2.36. The van der Waals surface area contributed by atoms with Crippen molar-refractivity contribution in [1.29, 1.82) is 0 Å². The van der Waals surface area contributed by atoms with Crippen LogP contribution in [0.4, 0.5) is 0 Å². The third-order valence-electron chi connectivity index (χ3n) is 3.10. The summed E-state index contributed by atoms with van der Waals surface area (Å²) in [7, 11) is -1.14. The number of hydrogen-bond donors (Lipinski definition) is 1. The quantitative estimate of drug-likeness (QED) is 0.843. The summed E-state index contributed by atoms with van der Waals surface area (Å²) in [5.74, 6) is 0. The van der Waals surface area contributed by atoms with Crippen LogP contribution >= 0.6 is 15.9 Å². The molecule has 0 aliphatic carbocycles. The fraction of sp³-hybridized carbons (Fsp3) is 0.294. The molecule has 0 radical (unpaired) electrons. The second kappa shape index (κ2) is 6.86. The molecule has 4 heteroatoms. The van der Waals surface area contributed by atoms with Gasteiger partial charge in [-0.25, -0.2) is 8.93 Å². The molecule has 21 heavy (non-hydrogen) atoms. The highest BCUT2D eigenvalue weighted by molar-refractivity contribution is 9.10. The average Bonchev–Trinajstić information content (AvgIpc) is 2.44. The summed E-state index contributed by atoms with van der Waals surface area (Å²) in [5.41, 5.74) is 2.20. The minimum absolute atomic E-state index is 0.0937. The molecule has 2 nitrogen and oxygen atoms in total. The maximum atomic E-state index is 12.5. The summed E-state index contributed by atoms with van der Waals surface area (Å²) in [4.78, 5) is 0. The monoisotopic (exact) mass is 365 g/mol. The maximum absolute atomic E-state index is 12.5. The van der Waals surface area contributed by atoms with Crippen molar-refractivity contribution < 1.29 is 4.21 Å². The Labute approximate surface area is 137 Å². The van der Waals surface area contributed by atoms with E-state index in [1.165, 1.54) is 0 Å². The van der Waals surface area contributed by atoms with Crippen LogP contribution in [0.2, 0.25) is 0 Å². The van der Waals surface area contributed by atoms with Gasteiger partial charge in [0, 0.05) is 4.47 Å². The molecule has 0 spiro atoms. The van der Waals surface area contributed by atoms with Gasteiger partial charge in [0.2, 0.25) is 0 Å². The van der Waals surface area contributed by atoms with Crippen LogP contribution < -0.4 is 4.72 Å². The summed E-state index contributed by atoms with van der Waals surface area (Å²) in [6.07, 6.45) is 0. The average molecular weight is 366 g/mol. The van der Waals surface area contributed by atoms with Crippen LogP contribution in [0.3, 0.4) is 0 Å². The molecule has 0 aliphatic heterocycles. The molecule has 0 amide bonds. The van der Waals surface area contributed by atoms with E-state index in [9.17, 15) is 4.21 Å². The highest BCUT2D eigenvalue weighted by Crippen LogP contribution is 2.26. The Hall–Kier alpha value is -0.970. The Morgan fingerprint density at radius 3 is 2.19 bits per heavy atom. The van der Waals surface area contributed by atoms with E-state index in [1.54, 1.807) is 0 Å². The lowest BCUT2D eigenvalue weighted by atomic mass is 10.00. The number of nitrogens with one attached hydrogen (secondary N) is 1. The van der Waals surface area contributed by atoms with Crippen LogP contribution in [0.25, 0.3) is 0 Å². The minimum atomic E-state index is -1.14. The lowest BCUT2D eigenvalue weighted by molar-refractivity contribution is 0.623. The van der Waals surface area contributed by atoms with E-state index in [2.05, 4.69) is 44.9 Å². The first kappa shape index (κ1) is 16.4. The Balaban J connectivity index is 2.38. The van der Waals surface area contributed by atoms with Gasteiger partial charge in [-0.3, -0.25) is 0 Å². The molecular weight excluding hydrogens is 346 g/mol. The van der Waals surface area contributed by atoms with Gasteiger partial charge in [0.05, 0.1) is 21.8 Å². The number of rotatable bonds is 4. The van der Waals surface area contributed by atoms with Crippen LogP contribution in [-0.4, -0.2) is 8.96 Å². The van der Waals surface area contributed by atoms with Gasteiger partial charge in [-0.2, -0.15) is 0 Å². The summed E-state index contributed by atoms with van der Waals surface area (Å²) in [5, 5.41) is 0. The van der Waals surface area contributed by atoms with Crippen molar-refractivity contribution in [2.75, 3.05) is 0 Å². The van der Waals surface area contributed by atoms with E-state index in [-0.39, 0.29) is 10.8 Å². The fourth-order valence-electron chi connectivity index (χ4n) is 1.94. The lowest BCUT2D eigenvalue weighted by Gasteiger charge is -2.25. The Kier molecular flexibility index (Phi) is 5.36. The Morgan fingerprint density at radius 1 is 1.00 bits per heavy atom. The molecule has 0 aliphatic rings. The molecule has 0 aromatic heterocycles.